The number of amides is 1. The molecule has 76 valence electrons. The van der Waals surface area contributed by atoms with Crippen molar-refractivity contribution in [3.63, 3.8) is 0 Å². The lowest BCUT2D eigenvalue weighted by atomic mass is 10.0. The number of likely N-dealkylation sites (tertiary alicyclic amines) is 1. The van der Waals surface area contributed by atoms with Crippen molar-refractivity contribution in [2.75, 3.05) is 6.54 Å². The van der Waals surface area contributed by atoms with E-state index in [1.165, 1.54) is 25.7 Å². The van der Waals surface area contributed by atoms with Crippen LogP contribution in [0.5, 0.6) is 0 Å². The molecule has 0 bridgehead atoms. The van der Waals surface area contributed by atoms with E-state index in [1.807, 2.05) is 4.90 Å². The molecular weight excluding hydrogens is 178 g/mol. The number of fused-ring (bicyclic) bond motifs is 1. The number of Topliss-reactive ketones (excluding diaryl/α,β-unsaturated/α-hetero) is 1. The van der Waals surface area contributed by atoms with Gasteiger partial charge in [0.05, 0.1) is 0 Å². The number of nitrogens with zero attached hydrogens (tertiary/aromatic N) is 1. The molecule has 3 nitrogen and oxygen atoms in total. The monoisotopic (exact) mass is 193 g/mol. The van der Waals surface area contributed by atoms with E-state index in [2.05, 4.69) is 0 Å². The summed E-state index contributed by atoms with van der Waals surface area (Å²) >= 11 is 0. The quantitative estimate of drug-likeness (QED) is 0.582. The smallest absolute Gasteiger partial charge is 0.290 e. The molecule has 1 heterocycles. The molecule has 2 atom stereocenters. The van der Waals surface area contributed by atoms with Crippen molar-refractivity contribution in [1.82, 2.24) is 4.90 Å². The van der Waals surface area contributed by atoms with Crippen molar-refractivity contribution in [2.45, 2.75) is 38.1 Å². The highest BCUT2D eigenvalue weighted by Crippen LogP contribution is 2.53. The third-order valence-corrected chi connectivity index (χ3v) is 4.05. The summed E-state index contributed by atoms with van der Waals surface area (Å²) in [6.45, 7) is 0.690. The fourth-order valence-corrected chi connectivity index (χ4v) is 3.29. The van der Waals surface area contributed by atoms with Crippen LogP contribution in [0.4, 0.5) is 0 Å². The van der Waals surface area contributed by atoms with Crippen LogP contribution in [0.15, 0.2) is 0 Å². The van der Waals surface area contributed by atoms with Crippen LogP contribution >= 0.6 is 0 Å². The maximum Gasteiger partial charge on any atom is 0.290 e. The summed E-state index contributed by atoms with van der Waals surface area (Å²) in [4.78, 5) is 24.5. The third-order valence-electron chi connectivity index (χ3n) is 4.05. The van der Waals surface area contributed by atoms with E-state index in [0.29, 0.717) is 19.0 Å². The van der Waals surface area contributed by atoms with Gasteiger partial charge in [-0.25, -0.2) is 0 Å². The standard InChI is InChI=1S/C11H15NO2/c13-9-5-6-12(11(9)14)10-7-3-1-2-4-8(7)10/h7-8,10H,1-6H2. The van der Waals surface area contributed by atoms with Crippen LogP contribution in [-0.2, 0) is 9.59 Å². The predicted octanol–water partition coefficient (Wildman–Crippen LogP) is 0.976. The van der Waals surface area contributed by atoms with Crippen LogP contribution < -0.4 is 0 Å². The van der Waals surface area contributed by atoms with Gasteiger partial charge in [0, 0.05) is 19.0 Å². The second kappa shape index (κ2) is 2.81. The Hall–Kier alpha value is -0.860. The van der Waals surface area contributed by atoms with Crippen molar-refractivity contribution in [3.05, 3.63) is 0 Å². The second-order valence-electron chi connectivity index (χ2n) is 4.77. The molecule has 1 saturated heterocycles. The first-order chi connectivity index (χ1) is 6.79. The normalized spacial score (nSPS) is 41.4. The maximum absolute atomic E-state index is 11.5. The van der Waals surface area contributed by atoms with Gasteiger partial charge < -0.3 is 4.90 Å². The number of hydrogen-bond acceptors (Lipinski definition) is 2. The van der Waals surface area contributed by atoms with Gasteiger partial charge >= 0.3 is 0 Å². The van der Waals surface area contributed by atoms with Gasteiger partial charge in [0.25, 0.3) is 5.91 Å². The van der Waals surface area contributed by atoms with Crippen molar-refractivity contribution >= 4 is 11.7 Å². The maximum atomic E-state index is 11.5. The van der Waals surface area contributed by atoms with E-state index in [4.69, 9.17) is 0 Å². The van der Waals surface area contributed by atoms with Gasteiger partial charge in [-0.05, 0) is 24.7 Å². The molecule has 2 aliphatic carbocycles. The average molecular weight is 193 g/mol. The Bertz CT molecular complexity index is 288. The van der Waals surface area contributed by atoms with Crippen LogP contribution in [0, 0.1) is 11.8 Å². The number of hydrogen-bond donors (Lipinski definition) is 0. The summed E-state index contributed by atoms with van der Waals surface area (Å²) in [5.74, 6) is 1.09. The van der Waals surface area contributed by atoms with Gasteiger partial charge in [-0.1, -0.05) is 12.8 Å². The van der Waals surface area contributed by atoms with Crippen molar-refractivity contribution < 1.29 is 9.59 Å². The summed E-state index contributed by atoms with van der Waals surface area (Å²) in [6, 6.07) is 0.441. The van der Waals surface area contributed by atoms with Gasteiger partial charge in [0.2, 0.25) is 5.78 Å². The van der Waals surface area contributed by atoms with Crippen LogP contribution in [-0.4, -0.2) is 29.2 Å². The van der Waals surface area contributed by atoms with Gasteiger partial charge in [-0.15, -0.1) is 0 Å². The molecule has 3 fully saturated rings. The van der Waals surface area contributed by atoms with Crippen molar-refractivity contribution in [2.24, 2.45) is 11.8 Å². The number of rotatable bonds is 1. The first-order valence-electron chi connectivity index (χ1n) is 5.63. The molecule has 3 aliphatic rings. The highest BCUT2D eigenvalue weighted by Gasteiger charge is 2.56. The molecule has 14 heavy (non-hydrogen) atoms. The molecule has 0 aromatic carbocycles. The lowest BCUT2D eigenvalue weighted by molar-refractivity contribution is -0.140. The minimum atomic E-state index is -0.204. The lowest BCUT2D eigenvalue weighted by Gasteiger charge is -2.14. The fraction of sp³-hybridized carbons (Fsp3) is 0.818. The van der Waals surface area contributed by atoms with E-state index >= 15 is 0 Å². The summed E-state index contributed by atoms with van der Waals surface area (Å²) in [5.41, 5.74) is 0. The zero-order chi connectivity index (χ0) is 9.71. The van der Waals surface area contributed by atoms with Crippen LogP contribution in [0.3, 0.4) is 0 Å². The highest BCUT2D eigenvalue weighted by molar-refractivity contribution is 6.38. The number of carbonyl (C=O) groups excluding carboxylic acids is 2. The number of ketones is 1. The van der Waals surface area contributed by atoms with Crippen LogP contribution in [0.2, 0.25) is 0 Å². The molecule has 0 spiro atoms. The summed E-state index contributed by atoms with van der Waals surface area (Å²) < 4.78 is 0. The molecule has 0 aromatic heterocycles. The van der Waals surface area contributed by atoms with Gasteiger partial charge in [-0.3, -0.25) is 9.59 Å². The average Bonchev–Trinajstić information content (AvgIpc) is 2.84. The molecule has 3 heteroatoms. The Morgan fingerprint density at radius 2 is 1.71 bits per heavy atom. The Morgan fingerprint density at radius 3 is 2.21 bits per heavy atom. The van der Waals surface area contributed by atoms with E-state index < -0.39 is 0 Å². The molecule has 2 saturated carbocycles. The summed E-state index contributed by atoms with van der Waals surface area (Å²) in [6.07, 6.45) is 5.62. The fourth-order valence-electron chi connectivity index (χ4n) is 3.29. The van der Waals surface area contributed by atoms with Crippen LogP contribution in [0.25, 0.3) is 0 Å². The lowest BCUT2D eigenvalue weighted by Crippen LogP contribution is -2.31. The molecule has 0 N–H and O–H groups in total. The zero-order valence-electron chi connectivity index (χ0n) is 8.24. The van der Waals surface area contributed by atoms with E-state index in [9.17, 15) is 9.59 Å². The molecule has 3 rings (SSSR count). The first-order valence-corrected chi connectivity index (χ1v) is 5.63. The highest BCUT2D eigenvalue weighted by atomic mass is 16.2. The van der Waals surface area contributed by atoms with Gasteiger partial charge in [0.15, 0.2) is 0 Å². The van der Waals surface area contributed by atoms with Crippen molar-refractivity contribution in [3.8, 4) is 0 Å². The molecule has 0 radical (unpaired) electrons. The van der Waals surface area contributed by atoms with Gasteiger partial charge in [-0.2, -0.15) is 0 Å². The largest absolute Gasteiger partial charge is 0.332 e. The molecular formula is C11H15NO2. The topological polar surface area (TPSA) is 37.4 Å². The molecule has 1 amide bonds. The van der Waals surface area contributed by atoms with E-state index in [1.54, 1.807) is 0 Å². The van der Waals surface area contributed by atoms with E-state index in [-0.39, 0.29) is 11.7 Å². The summed E-state index contributed by atoms with van der Waals surface area (Å²) in [7, 11) is 0. The number of carbonyl (C=O) groups is 2. The predicted molar refractivity (Wildman–Crippen MR) is 50.6 cm³/mol. The SMILES string of the molecule is O=C1CCN(C2C3CCCCC32)C1=O. The Kier molecular flexibility index (Phi) is 1.70. The zero-order valence-corrected chi connectivity index (χ0v) is 8.24. The summed E-state index contributed by atoms with van der Waals surface area (Å²) in [5, 5.41) is 0. The van der Waals surface area contributed by atoms with E-state index in [0.717, 1.165) is 11.8 Å². The molecule has 0 aromatic rings. The molecule has 1 aliphatic heterocycles. The van der Waals surface area contributed by atoms with Crippen LogP contribution in [0.1, 0.15) is 32.1 Å². The minimum Gasteiger partial charge on any atom is -0.332 e. The first kappa shape index (κ1) is 8.45. The Balaban J connectivity index is 1.73. The van der Waals surface area contributed by atoms with Crippen molar-refractivity contribution in [1.29, 1.82) is 0 Å². The third kappa shape index (κ3) is 1.04. The minimum absolute atomic E-state index is 0.173. The molecule has 2 unspecified atom stereocenters. The Labute approximate surface area is 83.5 Å². The van der Waals surface area contributed by atoms with Gasteiger partial charge in [0.1, 0.15) is 0 Å². The second-order valence-corrected chi connectivity index (χ2v) is 4.77. The Morgan fingerprint density at radius 1 is 1.07 bits per heavy atom.